The van der Waals surface area contributed by atoms with Crippen molar-refractivity contribution in [3.05, 3.63) is 29.8 Å². The van der Waals surface area contributed by atoms with E-state index in [2.05, 4.69) is 17.1 Å². The quantitative estimate of drug-likeness (QED) is 0.778. The zero-order chi connectivity index (χ0) is 16.8. The molecule has 2 rings (SSSR count). The van der Waals surface area contributed by atoms with E-state index < -0.39 is 0 Å². The van der Waals surface area contributed by atoms with Gasteiger partial charge in [0.2, 0.25) is 11.8 Å². The summed E-state index contributed by atoms with van der Waals surface area (Å²) in [5.74, 6) is -0.222. The Morgan fingerprint density at radius 3 is 2.61 bits per heavy atom. The van der Waals surface area contributed by atoms with Crippen LogP contribution in [0, 0.1) is 5.92 Å². The molecule has 1 aromatic carbocycles. The van der Waals surface area contributed by atoms with Gasteiger partial charge in [0.15, 0.2) is 0 Å². The summed E-state index contributed by atoms with van der Waals surface area (Å²) in [6.45, 7) is 4.18. The Balaban J connectivity index is 1.87. The van der Waals surface area contributed by atoms with Crippen molar-refractivity contribution in [2.45, 2.75) is 26.2 Å². The second kappa shape index (κ2) is 8.11. The topological polar surface area (TPSA) is 52.7 Å². The van der Waals surface area contributed by atoms with Crippen molar-refractivity contribution >= 4 is 17.5 Å². The van der Waals surface area contributed by atoms with Crippen molar-refractivity contribution in [1.82, 2.24) is 10.2 Å². The SMILES string of the molecule is CCc1ccc(N2CC(C(=O)NCCCN(C)C)CC2=O)cc1. The first-order valence-corrected chi connectivity index (χ1v) is 8.33. The zero-order valence-corrected chi connectivity index (χ0v) is 14.3. The monoisotopic (exact) mass is 317 g/mol. The van der Waals surface area contributed by atoms with E-state index in [0.29, 0.717) is 19.5 Å². The van der Waals surface area contributed by atoms with Gasteiger partial charge in [0.05, 0.1) is 5.92 Å². The number of aryl methyl sites for hydroxylation is 1. The second-order valence-corrected chi connectivity index (χ2v) is 6.37. The number of rotatable bonds is 7. The molecule has 5 nitrogen and oxygen atoms in total. The lowest BCUT2D eigenvalue weighted by atomic mass is 10.1. The third kappa shape index (κ3) is 4.79. The Morgan fingerprint density at radius 2 is 2.00 bits per heavy atom. The molecule has 1 fully saturated rings. The van der Waals surface area contributed by atoms with Gasteiger partial charge in [-0.2, -0.15) is 0 Å². The molecule has 5 heteroatoms. The molecule has 0 radical (unpaired) electrons. The molecule has 1 N–H and O–H groups in total. The van der Waals surface area contributed by atoms with Crippen LogP contribution in [0.25, 0.3) is 0 Å². The third-order valence-electron chi connectivity index (χ3n) is 4.23. The number of hydrogen-bond acceptors (Lipinski definition) is 3. The maximum absolute atomic E-state index is 12.2. The van der Waals surface area contributed by atoms with E-state index in [1.807, 2.05) is 38.4 Å². The fourth-order valence-corrected chi connectivity index (χ4v) is 2.80. The molecule has 23 heavy (non-hydrogen) atoms. The largest absolute Gasteiger partial charge is 0.356 e. The molecule has 1 aliphatic heterocycles. The summed E-state index contributed by atoms with van der Waals surface area (Å²) in [5.41, 5.74) is 2.13. The number of anilines is 1. The molecule has 1 saturated heterocycles. The van der Waals surface area contributed by atoms with Crippen molar-refractivity contribution in [3.8, 4) is 0 Å². The Hall–Kier alpha value is -1.88. The van der Waals surface area contributed by atoms with Crippen molar-refractivity contribution in [2.24, 2.45) is 5.92 Å². The Bertz CT molecular complexity index is 540. The highest BCUT2D eigenvalue weighted by atomic mass is 16.2. The second-order valence-electron chi connectivity index (χ2n) is 6.37. The van der Waals surface area contributed by atoms with Crippen LogP contribution in [-0.2, 0) is 16.0 Å². The average Bonchev–Trinajstić information content (AvgIpc) is 2.93. The van der Waals surface area contributed by atoms with E-state index in [0.717, 1.165) is 25.1 Å². The first kappa shape index (κ1) is 17.5. The lowest BCUT2D eigenvalue weighted by molar-refractivity contribution is -0.126. The number of carbonyl (C=O) groups is 2. The number of carbonyl (C=O) groups excluding carboxylic acids is 2. The van der Waals surface area contributed by atoms with Crippen molar-refractivity contribution in [1.29, 1.82) is 0 Å². The van der Waals surface area contributed by atoms with Crippen LogP contribution in [0.5, 0.6) is 0 Å². The summed E-state index contributed by atoms with van der Waals surface area (Å²) in [6, 6.07) is 8.01. The van der Waals surface area contributed by atoms with Gasteiger partial charge in [-0.05, 0) is 51.2 Å². The molecule has 0 spiro atoms. The lowest BCUT2D eigenvalue weighted by Gasteiger charge is -2.17. The number of benzene rings is 1. The van der Waals surface area contributed by atoms with Gasteiger partial charge in [0, 0.05) is 25.2 Å². The predicted molar refractivity (Wildman–Crippen MR) is 92.5 cm³/mol. The van der Waals surface area contributed by atoms with E-state index in [4.69, 9.17) is 0 Å². The minimum absolute atomic E-state index is 0.00946. The fourth-order valence-electron chi connectivity index (χ4n) is 2.80. The van der Waals surface area contributed by atoms with E-state index in [-0.39, 0.29) is 17.7 Å². The predicted octanol–water partition coefficient (Wildman–Crippen LogP) is 1.67. The minimum atomic E-state index is -0.243. The molecular weight excluding hydrogens is 290 g/mol. The van der Waals surface area contributed by atoms with Gasteiger partial charge in [0.1, 0.15) is 0 Å². The standard InChI is InChI=1S/C18H27N3O2/c1-4-14-6-8-16(9-7-14)21-13-15(12-17(21)22)18(23)19-10-5-11-20(2)3/h6-9,15H,4-5,10-13H2,1-3H3,(H,19,23). The van der Waals surface area contributed by atoms with Crippen molar-refractivity contribution in [3.63, 3.8) is 0 Å². The highest BCUT2D eigenvalue weighted by Gasteiger charge is 2.34. The van der Waals surface area contributed by atoms with Gasteiger partial charge in [-0.25, -0.2) is 0 Å². The molecule has 1 aliphatic rings. The van der Waals surface area contributed by atoms with Gasteiger partial charge in [-0.15, -0.1) is 0 Å². The summed E-state index contributed by atoms with van der Waals surface area (Å²) in [7, 11) is 4.03. The summed E-state index contributed by atoms with van der Waals surface area (Å²) < 4.78 is 0. The molecule has 0 aromatic heterocycles. The summed E-state index contributed by atoms with van der Waals surface area (Å²) in [5, 5.41) is 2.95. The average molecular weight is 317 g/mol. The van der Waals surface area contributed by atoms with E-state index in [1.165, 1.54) is 5.56 Å². The maximum Gasteiger partial charge on any atom is 0.227 e. The first-order chi connectivity index (χ1) is 11.0. The summed E-state index contributed by atoms with van der Waals surface area (Å²) in [4.78, 5) is 28.2. The molecule has 1 aromatic rings. The Morgan fingerprint density at radius 1 is 1.30 bits per heavy atom. The molecule has 0 aliphatic carbocycles. The zero-order valence-electron chi connectivity index (χ0n) is 14.3. The van der Waals surface area contributed by atoms with Crippen LogP contribution in [0.15, 0.2) is 24.3 Å². The molecule has 0 saturated carbocycles. The molecular formula is C18H27N3O2. The molecule has 1 heterocycles. The lowest BCUT2D eigenvalue weighted by Crippen LogP contribution is -2.34. The van der Waals surface area contributed by atoms with Gasteiger partial charge in [0.25, 0.3) is 0 Å². The highest BCUT2D eigenvalue weighted by molar-refractivity contribution is 6.00. The van der Waals surface area contributed by atoms with Gasteiger partial charge < -0.3 is 15.1 Å². The van der Waals surface area contributed by atoms with Gasteiger partial charge in [-0.1, -0.05) is 19.1 Å². The third-order valence-corrected chi connectivity index (χ3v) is 4.23. The van der Waals surface area contributed by atoms with Gasteiger partial charge >= 0.3 is 0 Å². The van der Waals surface area contributed by atoms with Crippen LogP contribution in [0.1, 0.15) is 25.3 Å². The maximum atomic E-state index is 12.2. The molecule has 1 atom stereocenters. The Kier molecular flexibility index (Phi) is 6.16. The van der Waals surface area contributed by atoms with E-state index in [1.54, 1.807) is 4.90 Å². The van der Waals surface area contributed by atoms with Gasteiger partial charge in [-0.3, -0.25) is 9.59 Å². The first-order valence-electron chi connectivity index (χ1n) is 8.33. The highest BCUT2D eigenvalue weighted by Crippen LogP contribution is 2.25. The number of hydrogen-bond donors (Lipinski definition) is 1. The Labute approximate surface area is 138 Å². The minimum Gasteiger partial charge on any atom is -0.356 e. The summed E-state index contributed by atoms with van der Waals surface area (Å²) in [6.07, 6.45) is 2.20. The van der Waals surface area contributed by atoms with Crippen LogP contribution < -0.4 is 10.2 Å². The van der Waals surface area contributed by atoms with E-state index >= 15 is 0 Å². The van der Waals surface area contributed by atoms with Crippen LogP contribution >= 0.6 is 0 Å². The number of nitrogens with zero attached hydrogens (tertiary/aromatic N) is 2. The van der Waals surface area contributed by atoms with Crippen LogP contribution in [0.2, 0.25) is 0 Å². The molecule has 1 unspecified atom stereocenters. The number of nitrogens with one attached hydrogen (secondary N) is 1. The normalized spacial score (nSPS) is 17.8. The summed E-state index contributed by atoms with van der Waals surface area (Å²) >= 11 is 0. The van der Waals surface area contributed by atoms with Crippen LogP contribution in [0.3, 0.4) is 0 Å². The smallest absolute Gasteiger partial charge is 0.227 e. The van der Waals surface area contributed by atoms with Crippen LogP contribution in [-0.4, -0.2) is 50.4 Å². The number of amides is 2. The fraction of sp³-hybridized carbons (Fsp3) is 0.556. The van der Waals surface area contributed by atoms with Crippen molar-refractivity contribution in [2.75, 3.05) is 38.6 Å². The molecule has 2 amide bonds. The van der Waals surface area contributed by atoms with E-state index in [9.17, 15) is 9.59 Å². The molecule has 0 bridgehead atoms. The molecule has 126 valence electrons. The van der Waals surface area contributed by atoms with Crippen molar-refractivity contribution < 1.29 is 9.59 Å². The van der Waals surface area contributed by atoms with Crippen LogP contribution in [0.4, 0.5) is 5.69 Å².